The fourth-order valence-corrected chi connectivity index (χ4v) is 1.47. The van der Waals surface area contributed by atoms with E-state index in [1.807, 2.05) is 37.3 Å². The lowest BCUT2D eigenvalue weighted by molar-refractivity contribution is -0.124. The Balaban J connectivity index is 2.39. The number of benzene rings is 1. The van der Waals surface area contributed by atoms with Crippen LogP contribution in [0.15, 0.2) is 36.4 Å². The van der Waals surface area contributed by atoms with Crippen LogP contribution in [0, 0.1) is 0 Å². The molecule has 0 aromatic heterocycles. The molecule has 0 aliphatic rings. The smallest absolute Gasteiger partial charge is 0.163 e. The minimum Gasteiger partial charge on any atom is -0.299 e. The fraction of sp³-hybridized carbons (Fsp3) is 0.333. The van der Waals surface area contributed by atoms with Crippen molar-refractivity contribution in [3.63, 3.8) is 0 Å². The van der Waals surface area contributed by atoms with E-state index in [4.69, 9.17) is 0 Å². The molecular formula is C15H18O2. The Bertz CT molecular complexity index is 391. The molecular weight excluding hydrogens is 212 g/mol. The third-order valence-corrected chi connectivity index (χ3v) is 2.44. The molecule has 2 nitrogen and oxygen atoms in total. The molecule has 0 spiro atoms. The number of hydrogen-bond donors (Lipinski definition) is 0. The van der Waals surface area contributed by atoms with Gasteiger partial charge in [-0.25, -0.2) is 0 Å². The standard InChI is InChI=1S/C15H18O2/c1-2-3-9-14(16)12-15(17)11-10-13-7-5-4-6-8-13/h4-8,10-11H,2-3,9,12H2,1H3/b11-10+. The van der Waals surface area contributed by atoms with Crippen molar-refractivity contribution in [1.29, 1.82) is 0 Å². The summed E-state index contributed by atoms with van der Waals surface area (Å²) in [5.74, 6) is -0.0792. The van der Waals surface area contributed by atoms with E-state index in [1.54, 1.807) is 6.08 Å². The van der Waals surface area contributed by atoms with Crippen molar-refractivity contribution in [3.8, 4) is 0 Å². The van der Waals surface area contributed by atoms with Gasteiger partial charge in [-0.15, -0.1) is 0 Å². The monoisotopic (exact) mass is 230 g/mol. The fourth-order valence-electron chi connectivity index (χ4n) is 1.47. The van der Waals surface area contributed by atoms with Gasteiger partial charge in [0.1, 0.15) is 5.78 Å². The SMILES string of the molecule is CCCCC(=O)CC(=O)/C=C/c1ccccc1. The number of hydrogen-bond acceptors (Lipinski definition) is 2. The third-order valence-electron chi connectivity index (χ3n) is 2.44. The van der Waals surface area contributed by atoms with Crippen molar-refractivity contribution >= 4 is 17.6 Å². The molecule has 0 bridgehead atoms. The minimum atomic E-state index is -0.116. The van der Waals surface area contributed by atoms with E-state index >= 15 is 0 Å². The summed E-state index contributed by atoms with van der Waals surface area (Å²) in [6.45, 7) is 2.03. The Kier molecular flexibility index (Phi) is 5.94. The molecule has 0 amide bonds. The van der Waals surface area contributed by atoms with Gasteiger partial charge in [-0.3, -0.25) is 9.59 Å². The van der Waals surface area contributed by atoms with Crippen LogP contribution in [0.4, 0.5) is 0 Å². The van der Waals surface area contributed by atoms with E-state index in [0.717, 1.165) is 18.4 Å². The molecule has 1 aromatic rings. The first-order valence-corrected chi connectivity index (χ1v) is 6.00. The van der Waals surface area contributed by atoms with Gasteiger partial charge in [0, 0.05) is 6.42 Å². The number of unbranched alkanes of at least 4 members (excludes halogenated alkanes) is 1. The van der Waals surface area contributed by atoms with Crippen LogP contribution in [0.1, 0.15) is 38.2 Å². The van der Waals surface area contributed by atoms with Crippen LogP contribution in [0.25, 0.3) is 6.08 Å². The lowest BCUT2D eigenvalue weighted by atomic mass is 10.1. The zero-order valence-corrected chi connectivity index (χ0v) is 10.2. The van der Waals surface area contributed by atoms with Crippen molar-refractivity contribution in [3.05, 3.63) is 42.0 Å². The van der Waals surface area contributed by atoms with E-state index in [0.29, 0.717) is 6.42 Å². The van der Waals surface area contributed by atoms with Gasteiger partial charge in [0.2, 0.25) is 0 Å². The molecule has 0 radical (unpaired) electrons. The lowest BCUT2D eigenvalue weighted by Crippen LogP contribution is -2.04. The summed E-state index contributed by atoms with van der Waals surface area (Å²) in [6.07, 6.45) is 5.63. The predicted octanol–water partition coefficient (Wildman–Crippen LogP) is 3.42. The van der Waals surface area contributed by atoms with Gasteiger partial charge in [0.15, 0.2) is 5.78 Å². The molecule has 0 aliphatic carbocycles. The van der Waals surface area contributed by atoms with Crippen molar-refractivity contribution in [1.82, 2.24) is 0 Å². The van der Waals surface area contributed by atoms with E-state index in [2.05, 4.69) is 0 Å². The summed E-state index contributed by atoms with van der Waals surface area (Å²) in [7, 11) is 0. The van der Waals surface area contributed by atoms with Gasteiger partial charge in [-0.1, -0.05) is 49.8 Å². The molecule has 0 atom stereocenters. The average Bonchev–Trinajstić information content (AvgIpc) is 2.35. The normalized spacial score (nSPS) is 10.6. The molecule has 0 heterocycles. The molecule has 90 valence electrons. The molecule has 17 heavy (non-hydrogen) atoms. The number of ketones is 2. The van der Waals surface area contributed by atoms with Gasteiger partial charge in [0.05, 0.1) is 6.42 Å². The van der Waals surface area contributed by atoms with Crippen LogP contribution in [-0.4, -0.2) is 11.6 Å². The maximum atomic E-state index is 11.5. The second-order valence-corrected chi connectivity index (χ2v) is 4.03. The summed E-state index contributed by atoms with van der Waals surface area (Å²) in [5.41, 5.74) is 0.974. The number of carbonyl (C=O) groups excluding carboxylic acids is 2. The van der Waals surface area contributed by atoms with Crippen molar-refractivity contribution in [2.75, 3.05) is 0 Å². The van der Waals surface area contributed by atoms with Crippen LogP contribution >= 0.6 is 0 Å². The molecule has 0 aliphatic heterocycles. The highest BCUT2D eigenvalue weighted by Crippen LogP contribution is 2.03. The quantitative estimate of drug-likeness (QED) is 0.531. The van der Waals surface area contributed by atoms with Crippen LogP contribution < -0.4 is 0 Å². The number of Topliss-reactive ketones (excluding diaryl/α,β-unsaturated/α-hetero) is 1. The number of carbonyl (C=O) groups is 2. The van der Waals surface area contributed by atoms with Gasteiger partial charge in [-0.2, -0.15) is 0 Å². The first-order chi connectivity index (χ1) is 8.22. The summed E-state index contributed by atoms with van der Waals surface area (Å²) in [6, 6.07) is 9.59. The van der Waals surface area contributed by atoms with E-state index in [-0.39, 0.29) is 18.0 Å². The zero-order valence-electron chi connectivity index (χ0n) is 10.2. The van der Waals surface area contributed by atoms with E-state index in [1.165, 1.54) is 6.08 Å². The molecule has 1 rings (SSSR count). The van der Waals surface area contributed by atoms with Gasteiger partial charge in [0.25, 0.3) is 0 Å². The Morgan fingerprint density at radius 1 is 1.18 bits per heavy atom. The van der Waals surface area contributed by atoms with Gasteiger partial charge in [-0.05, 0) is 18.1 Å². The Labute approximate surface area is 102 Å². The maximum absolute atomic E-state index is 11.5. The second kappa shape index (κ2) is 7.55. The van der Waals surface area contributed by atoms with Gasteiger partial charge >= 0.3 is 0 Å². The molecule has 2 heteroatoms. The minimum absolute atomic E-state index is 0.0311. The van der Waals surface area contributed by atoms with Crippen LogP contribution in [0.2, 0.25) is 0 Å². The zero-order chi connectivity index (χ0) is 12.5. The molecule has 0 saturated carbocycles. The highest BCUT2D eigenvalue weighted by Gasteiger charge is 2.05. The van der Waals surface area contributed by atoms with Crippen molar-refractivity contribution in [2.24, 2.45) is 0 Å². The highest BCUT2D eigenvalue weighted by molar-refractivity contribution is 6.06. The predicted molar refractivity (Wildman–Crippen MR) is 69.6 cm³/mol. The Morgan fingerprint density at radius 3 is 2.53 bits per heavy atom. The summed E-state index contributed by atoms with van der Waals surface area (Å²) >= 11 is 0. The van der Waals surface area contributed by atoms with Crippen molar-refractivity contribution in [2.45, 2.75) is 32.6 Å². The van der Waals surface area contributed by atoms with Crippen LogP contribution in [0.5, 0.6) is 0 Å². The van der Waals surface area contributed by atoms with Crippen molar-refractivity contribution < 1.29 is 9.59 Å². The molecule has 0 fully saturated rings. The Morgan fingerprint density at radius 2 is 1.88 bits per heavy atom. The first kappa shape index (κ1) is 13.4. The van der Waals surface area contributed by atoms with Crippen LogP contribution in [-0.2, 0) is 9.59 Å². The molecule has 0 saturated heterocycles. The van der Waals surface area contributed by atoms with Gasteiger partial charge < -0.3 is 0 Å². The molecule has 1 aromatic carbocycles. The average molecular weight is 230 g/mol. The summed E-state index contributed by atoms with van der Waals surface area (Å²) in [4.78, 5) is 22.9. The van der Waals surface area contributed by atoms with E-state index in [9.17, 15) is 9.59 Å². The first-order valence-electron chi connectivity index (χ1n) is 6.00. The number of allylic oxidation sites excluding steroid dienone is 1. The maximum Gasteiger partial charge on any atom is 0.163 e. The second-order valence-electron chi connectivity index (χ2n) is 4.03. The van der Waals surface area contributed by atoms with Crippen LogP contribution in [0.3, 0.4) is 0 Å². The third kappa shape index (κ3) is 5.81. The summed E-state index contributed by atoms with van der Waals surface area (Å²) < 4.78 is 0. The topological polar surface area (TPSA) is 34.1 Å². The Hall–Kier alpha value is -1.70. The molecule has 0 unspecified atom stereocenters. The highest BCUT2D eigenvalue weighted by atomic mass is 16.1. The largest absolute Gasteiger partial charge is 0.299 e. The molecule has 0 N–H and O–H groups in total. The summed E-state index contributed by atoms with van der Waals surface area (Å²) in [5, 5.41) is 0. The van der Waals surface area contributed by atoms with E-state index < -0.39 is 0 Å². The number of rotatable bonds is 7. The lowest BCUT2D eigenvalue weighted by Gasteiger charge is -1.96.